The molecule has 0 aromatic heterocycles. The van der Waals surface area contributed by atoms with E-state index in [1.54, 1.807) is 28.9 Å². The number of piperazine rings is 1. The van der Waals surface area contributed by atoms with E-state index in [2.05, 4.69) is 10.2 Å². The van der Waals surface area contributed by atoms with Crippen molar-refractivity contribution in [3.8, 4) is 0 Å². The first-order chi connectivity index (χ1) is 14.8. The summed E-state index contributed by atoms with van der Waals surface area (Å²) in [6, 6.07) is 5.41. The van der Waals surface area contributed by atoms with Gasteiger partial charge >= 0.3 is 6.03 Å². The third kappa shape index (κ3) is 8.86. The highest BCUT2D eigenvalue weighted by Gasteiger charge is 2.26. The van der Waals surface area contributed by atoms with Gasteiger partial charge in [-0.1, -0.05) is 23.9 Å². The van der Waals surface area contributed by atoms with E-state index in [-0.39, 0.29) is 22.9 Å². The normalized spacial score (nSPS) is 15.4. The smallest absolute Gasteiger partial charge is 0.318 e. The summed E-state index contributed by atoms with van der Waals surface area (Å²) in [7, 11) is 2.02. The molecule has 1 heterocycles. The van der Waals surface area contributed by atoms with Crippen LogP contribution in [0, 0.1) is 5.82 Å². The van der Waals surface area contributed by atoms with Crippen LogP contribution in [0.4, 0.5) is 9.18 Å². The minimum Gasteiger partial charge on any atom is -0.338 e. The summed E-state index contributed by atoms with van der Waals surface area (Å²) in [4.78, 5) is 42.4. The zero-order chi connectivity index (χ0) is 22.8. The number of hydrogen-bond donors (Lipinski definition) is 1. The first-order valence-corrected chi connectivity index (χ1v) is 11.7. The average molecular weight is 453 g/mol. The van der Waals surface area contributed by atoms with Gasteiger partial charge in [-0.3, -0.25) is 9.59 Å². The zero-order valence-corrected chi connectivity index (χ0v) is 19.4. The molecule has 1 aromatic rings. The van der Waals surface area contributed by atoms with E-state index in [4.69, 9.17) is 0 Å². The summed E-state index contributed by atoms with van der Waals surface area (Å²) in [6.07, 6.45) is 1.41. The fourth-order valence-electron chi connectivity index (χ4n) is 3.38. The van der Waals surface area contributed by atoms with Crippen LogP contribution in [0.1, 0.15) is 25.8 Å². The van der Waals surface area contributed by atoms with E-state index in [1.165, 1.54) is 30.8 Å². The van der Waals surface area contributed by atoms with Crippen LogP contribution in [0.3, 0.4) is 0 Å². The Bertz CT molecular complexity index is 739. The van der Waals surface area contributed by atoms with Gasteiger partial charge in [-0.05, 0) is 44.5 Å². The van der Waals surface area contributed by atoms with Crippen LogP contribution in [-0.2, 0) is 16.0 Å². The number of aryl methyl sites for hydroxylation is 1. The molecule has 3 amide bonds. The molecule has 1 N–H and O–H groups in total. The van der Waals surface area contributed by atoms with Crippen LogP contribution in [0.2, 0.25) is 0 Å². The lowest BCUT2D eigenvalue weighted by atomic mass is 10.1. The molecule has 1 aromatic carbocycles. The Labute approximate surface area is 188 Å². The standard InChI is InChI=1S/C22H33FN4O3S/c1-17(21(29)26-13-11-25(3)12-14-26)24-22(30)27(15-16-31-18(2)28)10-4-5-19-6-8-20(23)9-7-19/h6-9,17H,4-5,10-16H2,1-3H3,(H,24,30)/t17-/m0/s1. The number of urea groups is 1. The van der Waals surface area contributed by atoms with Gasteiger partial charge in [0, 0.05) is 51.9 Å². The summed E-state index contributed by atoms with van der Waals surface area (Å²) in [5, 5.41) is 2.83. The minimum absolute atomic E-state index is 0.00489. The van der Waals surface area contributed by atoms with Crippen molar-refractivity contribution in [2.75, 3.05) is 52.1 Å². The van der Waals surface area contributed by atoms with E-state index in [1.807, 2.05) is 7.05 Å². The number of nitrogens with zero attached hydrogens (tertiary/aromatic N) is 3. The Balaban J connectivity index is 1.88. The third-order valence-corrected chi connectivity index (χ3v) is 6.08. The van der Waals surface area contributed by atoms with E-state index in [9.17, 15) is 18.8 Å². The van der Waals surface area contributed by atoms with Gasteiger partial charge in [0.15, 0.2) is 5.12 Å². The molecular weight excluding hydrogens is 419 g/mol. The van der Waals surface area contributed by atoms with Crippen molar-refractivity contribution in [2.24, 2.45) is 0 Å². The van der Waals surface area contributed by atoms with E-state index in [0.29, 0.717) is 44.8 Å². The summed E-state index contributed by atoms with van der Waals surface area (Å²) in [5.41, 5.74) is 0.999. The Kier molecular flexibility index (Phi) is 10.3. The molecule has 2 rings (SSSR count). The fraction of sp³-hybridized carbons (Fsp3) is 0.591. The molecule has 0 spiro atoms. The molecule has 0 saturated carbocycles. The molecular formula is C22H33FN4O3S. The van der Waals surface area contributed by atoms with Crippen molar-refractivity contribution in [3.63, 3.8) is 0 Å². The van der Waals surface area contributed by atoms with E-state index in [0.717, 1.165) is 18.7 Å². The lowest BCUT2D eigenvalue weighted by Crippen LogP contribution is -2.55. The molecule has 0 bridgehead atoms. The Morgan fingerprint density at radius 2 is 1.77 bits per heavy atom. The average Bonchev–Trinajstić information content (AvgIpc) is 2.73. The van der Waals surface area contributed by atoms with Crippen LogP contribution < -0.4 is 5.32 Å². The van der Waals surface area contributed by atoms with Crippen molar-refractivity contribution in [1.82, 2.24) is 20.0 Å². The number of halogens is 1. The second kappa shape index (κ2) is 12.7. The van der Waals surface area contributed by atoms with Gasteiger partial charge in [0.05, 0.1) is 0 Å². The van der Waals surface area contributed by atoms with E-state index < -0.39 is 6.04 Å². The Hall–Kier alpha value is -2.13. The topological polar surface area (TPSA) is 73.0 Å². The van der Waals surface area contributed by atoms with Gasteiger partial charge in [0.2, 0.25) is 5.91 Å². The number of thioether (sulfide) groups is 1. The van der Waals surface area contributed by atoms with Gasteiger partial charge in [-0.2, -0.15) is 0 Å². The lowest BCUT2D eigenvalue weighted by molar-refractivity contribution is -0.134. The molecule has 1 atom stereocenters. The van der Waals surface area contributed by atoms with Gasteiger partial charge < -0.3 is 20.0 Å². The molecule has 0 unspecified atom stereocenters. The molecule has 31 heavy (non-hydrogen) atoms. The summed E-state index contributed by atoms with van der Waals surface area (Å²) in [5.74, 6) is 0.149. The van der Waals surface area contributed by atoms with E-state index >= 15 is 0 Å². The number of hydrogen-bond acceptors (Lipinski definition) is 5. The van der Waals surface area contributed by atoms with Gasteiger partial charge in [0.25, 0.3) is 0 Å². The second-order valence-corrected chi connectivity index (χ2v) is 9.13. The van der Waals surface area contributed by atoms with Crippen molar-refractivity contribution >= 4 is 28.8 Å². The maximum atomic E-state index is 13.1. The minimum atomic E-state index is -0.615. The third-order valence-electron chi connectivity index (χ3n) is 5.29. The maximum absolute atomic E-state index is 13.1. The second-order valence-electron chi connectivity index (χ2n) is 7.86. The summed E-state index contributed by atoms with van der Waals surface area (Å²) < 4.78 is 13.1. The van der Waals surface area contributed by atoms with Crippen LogP contribution in [0.5, 0.6) is 0 Å². The molecule has 1 aliphatic rings. The largest absolute Gasteiger partial charge is 0.338 e. The Morgan fingerprint density at radius 1 is 1.13 bits per heavy atom. The molecule has 0 aliphatic carbocycles. The highest BCUT2D eigenvalue weighted by molar-refractivity contribution is 8.13. The van der Waals surface area contributed by atoms with Crippen molar-refractivity contribution in [3.05, 3.63) is 35.6 Å². The molecule has 9 heteroatoms. The van der Waals surface area contributed by atoms with Crippen molar-refractivity contribution in [2.45, 2.75) is 32.7 Å². The number of likely N-dealkylation sites (N-methyl/N-ethyl adjacent to an activating group) is 1. The summed E-state index contributed by atoms with van der Waals surface area (Å²) >= 11 is 1.17. The van der Waals surface area contributed by atoms with Crippen molar-refractivity contribution < 1.29 is 18.8 Å². The number of benzene rings is 1. The first kappa shape index (κ1) is 25.1. The Morgan fingerprint density at radius 3 is 2.39 bits per heavy atom. The summed E-state index contributed by atoms with van der Waals surface area (Å²) in [6.45, 7) is 7.07. The number of rotatable bonds is 9. The van der Waals surface area contributed by atoms with Gasteiger partial charge in [-0.25, -0.2) is 9.18 Å². The van der Waals surface area contributed by atoms with Crippen LogP contribution in [0.25, 0.3) is 0 Å². The molecule has 0 radical (unpaired) electrons. The number of carbonyl (C=O) groups excluding carboxylic acids is 3. The molecule has 172 valence electrons. The quantitative estimate of drug-likeness (QED) is 0.622. The lowest BCUT2D eigenvalue weighted by Gasteiger charge is -2.34. The van der Waals surface area contributed by atoms with Crippen LogP contribution in [-0.4, -0.2) is 89.9 Å². The van der Waals surface area contributed by atoms with Crippen LogP contribution >= 0.6 is 11.8 Å². The molecule has 1 saturated heterocycles. The van der Waals surface area contributed by atoms with Gasteiger partial charge in [0.1, 0.15) is 11.9 Å². The predicted molar refractivity (Wildman–Crippen MR) is 122 cm³/mol. The predicted octanol–water partition coefficient (Wildman–Crippen LogP) is 2.21. The molecule has 1 aliphatic heterocycles. The maximum Gasteiger partial charge on any atom is 0.318 e. The first-order valence-electron chi connectivity index (χ1n) is 10.7. The fourth-order valence-corrected chi connectivity index (χ4v) is 3.98. The SMILES string of the molecule is CC(=O)SCCN(CCCc1ccc(F)cc1)C(=O)N[C@@H](C)C(=O)N1CCN(C)CC1. The monoisotopic (exact) mass is 452 g/mol. The molecule has 1 fully saturated rings. The van der Waals surface area contributed by atoms with Crippen LogP contribution in [0.15, 0.2) is 24.3 Å². The van der Waals surface area contributed by atoms with Gasteiger partial charge in [-0.15, -0.1) is 0 Å². The highest BCUT2D eigenvalue weighted by atomic mass is 32.2. The molecule has 7 nitrogen and oxygen atoms in total. The number of carbonyl (C=O) groups is 3. The number of amides is 3. The highest BCUT2D eigenvalue weighted by Crippen LogP contribution is 2.09. The van der Waals surface area contributed by atoms with Crippen molar-refractivity contribution in [1.29, 1.82) is 0 Å². The zero-order valence-electron chi connectivity index (χ0n) is 18.6. The number of nitrogens with one attached hydrogen (secondary N) is 1.